The first-order chi connectivity index (χ1) is 12.2. The zero-order valence-corrected chi connectivity index (χ0v) is 15.5. The van der Waals surface area contributed by atoms with Gasteiger partial charge in [-0.05, 0) is 24.6 Å². The van der Waals surface area contributed by atoms with Crippen molar-refractivity contribution >= 4 is 40.3 Å². The molecule has 0 spiro atoms. The monoisotopic (exact) mass is 381 g/mol. The van der Waals surface area contributed by atoms with Crippen LogP contribution in [0.1, 0.15) is 16.9 Å². The molecule has 2 heterocycles. The number of urea groups is 1. The Labute approximate surface area is 155 Å². The molecular weight excluding hydrogens is 362 g/mol. The Balaban J connectivity index is 1.59. The highest BCUT2D eigenvalue weighted by atomic mass is 35.5. The lowest BCUT2D eigenvalue weighted by atomic mass is 10.2. The van der Waals surface area contributed by atoms with Gasteiger partial charge >= 0.3 is 6.03 Å². The molecule has 0 atom stereocenters. The van der Waals surface area contributed by atoms with Crippen LogP contribution in [0, 0.1) is 0 Å². The van der Waals surface area contributed by atoms with Crippen molar-refractivity contribution in [2.24, 2.45) is 0 Å². The van der Waals surface area contributed by atoms with Crippen LogP contribution in [0.2, 0.25) is 5.02 Å². The molecule has 0 aliphatic carbocycles. The number of amides is 2. The fourth-order valence-electron chi connectivity index (χ4n) is 2.45. The van der Waals surface area contributed by atoms with Crippen LogP contribution >= 0.6 is 22.9 Å². The minimum Gasteiger partial charge on any atom is -0.378 e. The minimum atomic E-state index is -0.325. The van der Waals surface area contributed by atoms with E-state index in [1.165, 1.54) is 11.3 Å². The summed E-state index contributed by atoms with van der Waals surface area (Å²) in [6.45, 7) is 5.41. The van der Waals surface area contributed by atoms with Gasteiger partial charge in [0.1, 0.15) is 10.0 Å². The van der Waals surface area contributed by atoms with Crippen molar-refractivity contribution in [1.29, 1.82) is 0 Å². The Bertz CT molecular complexity index is 733. The summed E-state index contributed by atoms with van der Waals surface area (Å²) in [5.41, 5.74) is 1.59. The number of hydrogen-bond acceptors (Lipinski definition) is 6. The van der Waals surface area contributed by atoms with Gasteiger partial charge in [0.25, 0.3) is 0 Å². The maximum absolute atomic E-state index is 12.1. The van der Waals surface area contributed by atoms with Gasteiger partial charge in [-0.3, -0.25) is 0 Å². The molecular formula is C16H20ClN5O2S. The molecule has 1 fully saturated rings. The molecule has 134 valence electrons. The maximum atomic E-state index is 12.1. The number of aryl methyl sites for hydroxylation is 1. The molecule has 1 aliphatic heterocycles. The van der Waals surface area contributed by atoms with Crippen molar-refractivity contribution in [2.45, 2.75) is 19.9 Å². The minimum absolute atomic E-state index is 0.325. The van der Waals surface area contributed by atoms with E-state index in [4.69, 9.17) is 16.3 Å². The van der Waals surface area contributed by atoms with Crippen LogP contribution in [0.5, 0.6) is 0 Å². The number of carbonyl (C=O) groups excluding carboxylic acids is 1. The second kappa shape index (κ2) is 8.46. The smallest absolute Gasteiger partial charge is 0.319 e. The Kier molecular flexibility index (Phi) is 6.06. The van der Waals surface area contributed by atoms with Crippen molar-refractivity contribution in [3.8, 4) is 0 Å². The number of rotatable bonds is 5. The van der Waals surface area contributed by atoms with Crippen molar-refractivity contribution < 1.29 is 9.53 Å². The van der Waals surface area contributed by atoms with Gasteiger partial charge in [-0.15, -0.1) is 10.2 Å². The average Bonchev–Trinajstić information content (AvgIpc) is 3.11. The molecule has 1 saturated heterocycles. The second-order valence-corrected chi connectivity index (χ2v) is 7.07. The molecule has 1 aromatic carbocycles. The van der Waals surface area contributed by atoms with Crippen LogP contribution in [0.15, 0.2) is 18.2 Å². The number of nitrogens with zero attached hydrogens (tertiary/aromatic N) is 3. The van der Waals surface area contributed by atoms with Crippen LogP contribution in [-0.4, -0.2) is 42.5 Å². The quantitative estimate of drug-likeness (QED) is 0.832. The highest BCUT2D eigenvalue weighted by Crippen LogP contribution is 2.28. The van der Waals surface area contributed by atoms with Crippen molar-refractivity contribution in [3.63, 3.8) is 0 Å². The van der Waals surface area contributed by atoms with Gasteiger partial charge in [-0.25, -0.2) is 4.79 Å². The summed E-state index contributed by atoms with van der Waals surface area (Å²) in [5, 5.41) is 15.9. The molecule has 9 heteroatoms. The van der Waals surface area contributed by atoms with Crippen LogP contribution in [0.3, 0.4) is 0 Å². The number of aromatic nitrogens is 2. The lowest BCUT2D eigenvalue weighted by Gasteiger charge is -2.29. The fourth-order valence-corrected chi connectivity index (χ4v) is 3.34. The number of carbonyl (C=O) groups is 1. The predicted octanol–water partition coefficient (Wildman–Crippen LogP) is 2.91. The zero-order valence-electron chi connectivity index (χ0n) is 13.9. The molecule has 2 amide bonds. The molecule has 7 nitrogen and oxygen atoms in total. The largest absolute Gasteiger partial charge is 0.378 e. The normalized spacial score (nSPS) is 14.4. The molecule has 2 aromatic rings. The molecule has 1 aromatic heterocycles. The Morgan fingerprint density at radius 1 is 1.32 bits per heavy atom. The van der Waals surface area contributed by atoms with E-state index in [1.807, 2.05) is 19.1 Å². The molecule has 1 aliphatic rings. The van der Waals surface area contributed by atoms with Crippen LogP contribution < -0.4 is 15.5 Å². The van der Waals surface area contributed by atoms with E-state index in [9.17, 15) is 4.79 Å². The Morgan fingerprint density at radius 3 is 2.80 bits per heavy atom. The SMILES string of the molecule is CCc1nnc(CNC(=O)Nc2cc(N3CCOCC3)ccc2Cl)s1. The van der Waals surface area contributed by atoms with Gasteiger partial charge in [0.15, 0.2) is 0 Å². The van der Waals surface area contributed by atoms with Gasteiger partial charge < -0.3 is 20.3 Å². The van der Waals surface area contributed by atoms with Crippen molar-refractivity contribution in [3.05, 3.63) is 33.2 Å². The first-order valence-corrected chi connectivity index (χ1v) is 9.33. The zero-order chi connectivity index (χ0) is 17.6. The van der Waals surface area contributed by atoms with Crippen LogP contribution in [0.4, 0.5) is 16.2 Å². The van der Waals surface area contributed by atoms with E-state index in [0.717, 1.165) is 35.2 Å². The van der Waals surface area contributed by atoms with Gasteiger partial charge in [-0.2, -0.15) is 0 Å². The molecule has 2 N–H and O–H groups in total. The number of morpholine rings is 1. The Hall–Kier alpha value is -1.90. The summed E-state index contributed by atoms with van der Waals surface area (Å²) < 4.78 is 5.37. The van der Waals surface area contributed by atoms with E-state index in [0.29, 0.717) is 30.5 Å². The highest BCUT2D eigenvalue weighted by molar-refractivity contribution is 7.11. The summed E-state index contributed by atoms with van der Waals surface area (Å²) in [6.07, 6.45) is 0.841. The van der Waals surface area contributed by atoms with Gasteiger partial charge in [0.05, 0.1) is 30.5 Å². The molecule has 25 heavy (non-hydrogen) atoms. The number of anilines is 2. The second-order valence-electron chi connectivity index (χ2n) is 5.51. The summed E-state index contributed by atoms with van der Waals surface area (Å²) >= 11 is 7.71. The third-order valence-corrected chi connectivity index (χ3v) is 5.18. The molecule has 0 unspecified atom stereocenters. The number of halogens is 1. The highest BCUT2D eigenvalue weighted by Gasteiger charge is 2.14. The molecule has 3 rings (SSSR count). The summed E-state index contributed by atoms with van der Waals surface area (Å²) in [7, 11) is 0. The lowest BCUT2D eigenvalue weighted by molar-refractivity contribution is 0.122. The van der Waals surface area contributed by atoms with Crippen LogP contribution in [-0.2, 0) is 17.7 Å². The number of nitrogens with one attached hydrogen (secondary N) is 2. The van der Waals surface area contributed by atoms with Gasteiger partial charge in [-0.1, -0.05) is 29.9 Å². The van der Waals surface area contributed by atoms with Crippen molar-refractivity contribution in [1.82, 2.24) is 15.5 Å². The molecule has 0 saturated carbocycles. The lowest BCUT2D eigenvalue weighted by Crippen LogP contribution is -2.36. The average molecular weight is 382 g/mol. The summed E-state index contributed by atoms with van der Waals surface area (Å²) in [5.74, 6) is 0. The van der Waals surface area contributed by atoms with Crippen LogP contribution in [0.25, 0.3) is 0 Å². The van der Waals surface area contributed by atoms with Gasteiger partial charge in [0, 0.05) is 18.8 Å². The Morgan fingerprint density at radius 2 is 2.08 bits per heavy atom. The number of hydrogen-bond donors (Lipinski definition) is 2. The first-order valence-electron chi connectivity index (χ1n) is 8.14. The van der Waals surface area contributed by atoms with Gasteiger partial charge in [0.2, 0.25) is 0 Å². The maximum Gasteiger partial charge on any atom is 0.319 e. The molecule has 0 radical (unpaired) electrons. The third kappa shape index (κ3) is 4.81. The number of ether oxygens (including phenoxy) is 1. The van der Waals surface area contributed by atoms with E-state index >= 15 is 0 Å². The van der Waals surface area contributed by atoms with E-state index in [-0.39, 0.29) is 6.03 Å². The van der Waals surface area contributed by atoms with Crippen molar-refractivity contribution in [2.75, 3.05) is 36.5 Å². The molecule has 0 bridgehead atoms. The van der Waals surface area contributed by atoms with E-state index < -0.39 is 0 Å². The number of benzene rings is 1. The first kappa shape index (κ1) is 17.9. The summed E-state index contributed by atoms with van der Waals surface area (Å²) in [4.78, 5) is 14.3. The standard InChI is InChI=1S/C16H20ClN5O2S/c1-2-14-20-21-15(25-14)10-18-16(23)19-13-9-11(3-4-12(13)17)22-5-7-24-8-6-22/h3-4,9H,2,5-8,10H2,1H3,(H2,18,19,23). The fraction of sp³-hybridized carbons (Fsp3) is 0.438. The summed E-state index contributed by atoms with van der Waals surface area (Å²) in [6, 6.07) is 5.30. The van der Waals surface area contributed by atoms with E-state index in [2.05, 4.69) is 25.7 Å². The predicted molar refractivity (Wildman–Crippen MR) is 99.6 cm³/mol. The topological polar surface area (TPSA) is 79.4 Å². The third-order valence-electron chi connectivity index (χ3n) is 3.79. The van der Waals surface area contributed by atoms with E-state index in [1.54, 1.807) is 6.07 Å².